The molecule has 1 aliphatic rings. The third-order valence-corrected chi connectivity index (χ3v) is 4.16. The molecule has 1 amide bonds. The van der Waals surface area contributed by atoms with Crippen LogP contribution in [-0.4, -0.2) is 23.9 Å². The van der Waals surface area contributed by atoms with E-state index in [2.05, 4.69) is 13.0 Å². The van der Waals surface area contributed by atoms with Crippen molar-refractivity contribution >= 4 is 17.2 Å². The van der Waals surface area contributed by atoms with Crippen LogP contribution in [0, 0.1) is 17.2 Å². The maximum absolute atomic E-state index is 12.3. The highest BCUT2D eigenvalue weighted by Crippen LogP contribution is 2.23. The molecule has 1 fully saturated rings. The van der Waals surface area contributed by atoms with E-state index in [-0.39, 0.29) is 11.8 Å². The van der Waals surface area contributed by atoms with Crippen LogP contribution in [0.15, 0.2) is 11.4 Å². The number of piperidine rings is 1. The van der Waals surface area contributed by atoms with Gasteiger partial charge in [-0.3, -0.25) is 4.79 Å². The molecule has 0 radical (unpaired) electrons. The van der Waals surface area contributed by atoms with Gasteiger partial charge < -0.3 is 4.90 Å². The molecule has 1 aliphatic heterocycles. The van der Waals surface area contributed by atoms with Gasteiger partial charge in [0.15, 0.2) is 0 Å². The summed E-state index contributed by atoms with van der Waals surface area (Å²) in [5.74, 6) is 0.120. The lowest BCUT2D eigenvalue weighted by Crippen LogP contribution is -2.39. The second-order valence-corrected chi connectivity index (χ2v) is 5.26. The third kappa shape index (κ3) is 2.50. The smallest absolute Gasteiger partial charge is 0.264 e. The van der Waals surface area contributed by atoms with E-state index >= 15 is 0 Å². The van der Waals surface area contributed by atoms with E-state index in [9.17, 15) is 4.79 Å². The van der Waals surface area contributed by atoms with Gasteiger partial charge in [-0.1, -0.05) is 6.92 Å². The van der Waals surface area contributed by atoms with Crippen molar-refractivity contribution in [3.05, 3.63) is 21.9 Å². The molecule has 3 nitrogen and oxygen atoms in total. The fourth-order valence-corrected chi connectivity index (χ4v) is 3.17. The molecule has 0 aromatic carbocycles. The summed E-state index contributed by atoms with van der Waals surface area (Å²) < 4.78 is 0. The van der Waals surface area contributed by atoms with Crippen LogP contribution in [0.2, 0.25) is 0 Å². The molecule has 1 aromatic rings. The lowest BCUT2D eigenvalue weighted by Gasteiger charge is -2.29. The summed E-state index contributed by atoms with van der Waals surface area (Å²) in [6, 6.07) is 4.29. The Hall–Kier alpha value is -1.34. The van der Waals surface area contributed by atoms with E-state index in [1.807, 2.05) is 16.3 Å². The Morgan fingerprint density at radius 2 is 2.53 bits per heavy atom. The number of rotatable bonds is 2. The minimum atomic E-state index is 0.0118. The zero-order valence-electron chi connectivity index (χ0n) is 9.98. The summed E-state index contributed by atoms with van der Waals surface area (Å²) in [6.45, 7) is 3.45. The standard InChI is InChI=1S/C13H16N2OS/c1-2-11-5-7-17-12(11)13(16)15-6-3-4-10(8-14)9-15/h5,7,10H,2-4,6,9H2,1H3. The third-order valence-electron chi connectivity index (χ3n) is 3.21. The zero-order valence-corrected chi connectivity index (χ0v) is 10.8. The molecule has 1 aromatic heterocycles. The average Bonchev–Trinajstić information content (AvgIpc) is 2.86. The van der Waals surface area contributed by atoms with Crippen molar-refractivity contribution in [3.63, 3.8) is 0 Å². The number of carbonyl (C=O) groups excluding carboxylic acids is 1. The van der Waals surface area contributed by atoms with Gasteiger partial charge in [0.2, 0.25) is 0 Å². The molecule has 0 N–H and O–H groups in total. The van der Waals surface area contributed by atoms with Crippen molar-refractivity contribution in [1.29, 1.82) is 5.26 Å². The zero-order chi connectivity index (χ0) is 12.3. The van der Waals surface area contributed by atoms with Gasteiger partial charge in [0.1, 0.15) is 0 Å². The van der Waals surface area contributed by atoms with Gasteiger partial charge in [0.05, 0.1) is 16.9 Å². The normalized spacial score (nSPS) is 20.0. The average molecular weight is 248 g/mol. The number of likely N-dealkylation sites (tertiary alicyclic amines) is 1. The number of nitrogens with zero attached hydrogens (tertiary/aromatic N) is 2. The first-order valence-electron chi connectivity index (χ1n) is 6.01. The van der Waals surface area contributed by atoms with Gasteiger partial charge in [0.25, 0.3) is 5.91 Å². The van der Waals surface area contributed by atoms with Crippen molar-refractivity contribution < 1.29 is 4.79 Å². The Morgan fingerprint density at radius 3 is 3.24 bits per heavy atom. The Morgan fingerprint density at radius 1 is 1.71 bits per heavy atom. The van der Waals surface area contributed by atoms with E-state index in [4.69, 9.17) is 5.26 Å². The van der Waals surface area contributed by atoms with Gasteiger partial charge in [0, 0.05) is 13.1 Å². The summed E-state index contributed by atoms with van der Waals surface area (Å²) in [7, 11) is 0. The van der Waals surface area contributed by atoms with Crippen molar-refractivity contribution in [2.45, 2.75) is 26.2 Å². The summed E-state index contributed by atoms with van der Waals surface area (Å²) >= 11 is 1.51. The number of thiophene rings is 1. The highest BCUT2D eigenvalue weighted by atomic mass is 32.1. The number of amides is 1. The Bertz CT molecular complexity index is 447. The first-order chi connectivity index (χ1) is 8.26. The molecule has 1 saturated heterocycles. The minimum Gasteiger partial charge on any atom is -0.337 e. The van der Waals surface area contributed by atoms with Gasteiger partial charge in [-0.15, -0.1) is 11.3 Å². The number of hydrogen-bond donors (Lipinski definition) is 0. The van der Waals surface area contributed by atoms with Crippen LogP contribution in [0.1, 0.15) is 35.0 Å². The lowest BCUT2D eigenvalue weighted by molar-refractivity contribution is 0.0703. The van der Waals surface area contributed by atoms with Crippen LogP contribution in [0.5, 0.6) is 0 Å². The molecule has 1 unspecified atom stereocenters. The van der Waals surface area contributed by atoms with Gasteiger partial charge >= 0.3 is 0 Å². The molecule has 90 valence electrons. The molecule has 0 saturated carbocycles. The van der Waals surface area contributed by atoms with E-state index in [0.717, 1.165) is 36.2 Å². The number of aryl methyl sites for hydroxylation is 1. The largest absolute Gasteiger partial charge is 0.337 e. The Kier molecular flexibility index (Phi) is 3.80. The fraction of sp³-hybridized carbons (Fsp3) is 0.538. The maximum Gasteiger partial charge on any atom is 0.264 e. The quantitative estimate of drug-likeness (QED) is 0.807. The van der Waals surface area contributed by atoms with Gasteiger partial charge in [-0.2, -0.15) is 5.26 Å². The van der Waals surface area contributed by atoms with Gasteiger partial charge in [-0.25, -0.2) is 0 Å². The fourth-order valence-electron chi connectivity index (χ4n) is 2.21. The summed E-state index contributed by atoms with van der Waals surface area (Å²) in [5, 5.41) is 10.9. The SMILES string of the molecule is CCc1ccsc1C(=O)N1CCCC(C#N)C1. The lowest BCUT2D eigenvalue weighted by atomic mass is 9.99. The Labute approximate surface area is 106 Å². The van der Waals surface area contributed by atoms with Crippen LogP contribution in [0.4, 0.5) is 0 Å². The molecule has 2 heterocycles. The highest BCUT2D eigenvalue weighted by molar-refractivity contribution is 7.12. The molecule has 0 bridgehead atoms. The van der Waals surface area contributed by atoms with Crippen LogP contribution < -0.4 is 0 Å². The minimum absolute atomic E-state index is 0.0118. The van der Waals surface area contributed by atoms with Crippen LogP contribution in [-0.2, 0) is 6.42 Å². The second kappa shape index (κ2) is 5.33. The summed E-state index contributed by atoms with van der Waals surface area (Å²) in [5.41, 5.74) is 1.12. The molecule has 0 aliphatic carbocycles. The first kappa shape index (κ1) is 12.1. The molecule has 2 rings (SSSR count). The van der Waals surface area contributed by atoms with Crippen LogP contribution >= 0.6 is 11.3 Å². The number of hydrogen-bond acceptors (Lipinski definition) is 3. The molecule has 1 atom stereocenters. The predicted molar refractivity (Wildman–Crippen MR) is 67.9 cm³/mol. The van der Waals surface area contributed by atoms with E-state index in [1.54, 1.807) is 0 Å². The summed E-state index contributed by atoms with van der Waals surface area (Å²) in [4.78, 5) is 15.0. The van der Waals surface area contributed by atoms with E-state index in [0.29, 0.717) is 6.54 Å². The van der Waals surface area contributed by atoms with Crippen molar-refractivity contribution in [2.75, 3.05) is 13.1 Å². The number of nitriles is 1. The van der Waals surface area contributed by atoms with Crippen molar-refractivity contribution in [1.82, 2.24) is 4.90 Å². The predicted octanol–water partition coefficient (Wildman–Crippen LogP) is 2.69. The monoisotopic (exact) mass is 248 g/mol. The Balaban J connectivity index is 2.12. The second-order valence-electron chi connectivity index (χ2n) is 4.35. The molecule has 0 spiro atoms. The van der Waals surface area contributed by atoms with E-state index < -0.39 is 0 Å². The van der Waals surface area contributed by atoms with Gasteiger partial charge in [-0.05, 0) is 36.3 Å². The topological polar surface area (TPSA) is 44.1 Å². The van der Waals surface area contributed by atoms with Crippen molar-refractivity contribution in [3.8, 4) is 6.07 Å². The van der Waals surface area contributed by atoms with Crippen molar-refractivity contribution in [2.24, 2.45) is 5.92 Å². The molecular formula is C13H16N2OS. The number of carbonyl (C=O) groups is 1. The van der Waals surface area contributed by atoms with Crippen LogP contribution in [0.25, 0.3) is 0 Å². The maximum atomic E-state index is 12.3. The van der Waals surface area contributed by atoms with Crippen LogP contribution in [0.3, 0.4) is 0 Å². The summed E-state index contributed by atoms with van der Waals surface area (Å²) in [6.07, 6.45) is 2.75. The first-order valence-corrected chi connectivity index (χ1v) is 6.89. The molecule has 17 heavy (non-hydrogen) atoms. The highest BCUT2D eigenvalue weighted by Gasteiger charge is 2.25. The molecule has 4 heteroatoms. The molecular weight excluding hydrogens is 232 g/mol. The van der Waals surface area contributed by atoms with E-state index in [1.165, 1.54) is 11.3 Å².